The van der Waals surface area contributed by atoms with E-state index < -0.39 is 11.7 Å². The van der Waals surface area contributed by atoms with Crippen molar-refractivity contribution in [3.63, 3.8) is 0 Å². The third kappa shape index (κ3) is 4.08. The van der Waals surface area contributed by atoms with Crippen molar-refractivity contribution in [2.75, 3.05) is 0 Å². The maximum absolute atomic E-state index is 14.1. The largest absolute Gasteiger partial charge is 0.417 e. The van der Waals surface area contributed by atoms with Gasteiger partial charge in [0.25, 0.3) is 0 Å². The van der Waals surface area contributed by atoms with E-state index in [2.05, 4.69) is 54.4 Å². The zero-order valence-corrected chi connectivity index (χ0v) is 18.9. The number of allylic oxidation sites excluding steroid dienone is 1. The van der Waals surface area contributed by atoms with Gasteiger partial charge in [0.1, 0.15) is 0 Å². The Morgan fingerprint density at radius 1 is 0.969 bits per heavy atom. The second-order valence-corrected chi connectivity index (χ2v) is 9.91. The van der Waals surface area contributed by atoms with Crippen LogP contribution < -0.4 is 0 Å². The predicted octanol–water partition coefficient (Wildman–Crippen LogP) is 6.63. The van der Waals surface area contributed by atoms with Gasteiger partial charge in [0.05, 0.1) is 5.57 Å². The topological polar surface area (TPSA) is 54.5 Å². The van der Waals surface area contributed by atoms with E-state index in [1.54, 1.807) is 12.1 Å². The Morgan fingerprint density at radius 3 is 2.09 bits per heavy atom. The Hall–Kier alpha value is -2.96. The van der Waals surface area contributed by atoms with E-state index in [0.29, 0.717) is 17.0 Å². The van der Waals surface area contributed by atoms with Gasteiger partial charge in [-0.05, 0) is 74.9 Å². The molecule has 4 rings (SSSR count). The molecule has 0 atom stereocenters. The molecule has 0 fully saturated rings. The van der Waals surface area contributed by atoms with Crippen LogP contribution in [0.25, 0.3) is 23.0 Å². The molecule has 0 aliphatic heterocycles. The molecule has 2 aromatic carbocycles. The average molecular weight is 441 g/mol. The van der Waals surface area contributed by atoms with Crippen LogP contribution in [0.2, 0.25) is 0 Å². The van der Waals surface area contributed by atoms with Crippen molar-refractivity contribution >= 4 is 11.6 Å². The van der Waals surface area contributed by atoms with Crippen LogP contribution in [0, 0.1) is 6.92 Å². The van der Waals surface area contributed by atoms with Crippen LogP contribution >= 0.6 is 0 Å². The first-order valence-electron chi connectivity index (χ1n) is 10.7. The molecule has 0 spiro atoms. The Morgan fingerprint density at radius 2 is 1.56 bits per heavy atom. The number of rotatable bonds is 3. The average Bonchev–Trinajstić information content (AvgIpc) is 3.24. The zero-order valence-electron chi connectivity index (χ0n) is 18.9. The molecule has 0 saturated heterocycles. The summed E-state index contributed by atoms with van der Waals surface area (Å²) in [6.07, 6.45) is -1.16. The van der Waals surface area contributed by atoms with Crippen LogP contribution in [0.1, 0.15) is 68.4 Å². The molecule has 0 unspecified atom stereocenters. The van der Waals surface area contributed by atoms with Gasteiger partial charge in [-0.25, -0.2) is 5.10 Å². The summed E-state index contributed by atoms with van der Waals surface area (Å²) in [4.78, 5) is 0. The fraction of sp³-hybridized carbons (Fsp3) is 0.400. The van der Waals surface area contributed by atoms with Gasteiger partial charge in [-0.3, -0.25) is 0 Å². The number of hydrogen-bond acceptors (Lipinski definition) is 3. The minimum absolute atomic E-state index is 0.0100. The second kappa shape index (κ2) is 7.57. The molecule has 7 heteroatoms. The smallest absolute Gasteiger partial charge is 0.239 e. The van der Waals surface area contributed by atoms with E-state index >= 15 is 0 Å². The molecule has 3 aromatic rings. The summed E-state index contributed by atoms with van der Waals surface area (Å²) in [5, 5.41) is 13.4. The van der Waals surface area contributed by atoms with Crippen LogP contribution in [-0.2, 0) is 10.8 Å². The van der Waals surface area contributed by atoms with Gasteiger partial charge in [-0.1, -0.05) is 64.1 Å². The maximum atomic E-state index is 14.1. The Bertz CT molecular complexity index is 1160. The Kier molecular flexibility index (Phi) is 5.26. The lowest BCUT2D eigenvalue weighted by atomic mass is 9.62. The lowest BCUT2D eigenvalue weighted by Gasteiger charge is -2.42. The van der Waals surface area contributed by atoms with E-state index in [4.69, 9.17) is 0 Å². The highest BCUT2D eigenvalue weighted by atomic mass is 19.4. The Labute approximate surface area is 185 Å². The quantitative estimate of drug-likeness (QED) is 0.465. The van der Waals surface area contributed by atoms with E-state index in [9.17, 15) is 13.2 Å². The van der Waals surface area contributed by atoms with Crippen molar-refractivity contribution in [3.05, 3.63) is 64.2 Å². The normalized spacial score (nSPS) is 17.8. The summed E-state index contributed by atoms with van der Waals surface area (Å²) in [5.41, 5.74) is 3.81. The number of fused-ring (bicyclic) bond motifs is 1. The molecule has 1 aliphatic carbocycles. The van der Waals surface area contributed by atoms with E-state index in [1.807, 2.05) is 13.0 Å². The number of nitrogens with zero attached hydrogens (tertiary/aromatic N) is 3. The lowest BCUT2D eigenvalue weighted by molar-refractivity contribution is -0.0683. The number of tetrazole rings is 1. The third-order valence-electron chi connectivity index (χ3n) is 6.66. The number of halogens is 3. The minimum atomic E-state index is -4.49. The van der Waals surface area contributed by atoms with Gasteiger partial charge >= 0.3 is 6.18 Å². The van der Waals surface area contributed by atoms with Gasteiger partial charge in [-0.2, -0.15) is 13.2 Å². The van der Waals surface area contributed by atoms with Crippen LogP contribution in [0.3, 0.4) is 0 Å². The van der Waals surface area contributed by atoms with Gasteiger partial charge < -0.3 is 0 Å². The van der Waals surface area contributed by atoms with E-state index in [-0.39, 0.29) is 16.4 Å². The summed E-state index contributed by atoms with van der Waals surface area (Å²) < 4.78 is 42.3. The molecule has 1 aromatic heterocycles. The number of H-pyrrole nitrogens is 1. The summed E-state index contributed by atoms with van der Waals surface area (Å²) in [6, 6.07) is 10.1. The summed E-state index contributed by atoms with van der Waals surface area (Å²) >= 11 is 0. The first-order valence-corrected chi connectivity index (χ1v) is 10.7. The number of alkyl halides is 3. The number of aryl methyl sites for hydroxylation is 1. The molecule has 0 amide bonds. The van der Waals surface area contributed by atoms with Crippen molar-refractivity contribution in [3.8, 4) is 11.4 Å². The van der Waals surface area contributed by atoms with Crippen LogP contribution in [0.5, 0.6) is 0 Å². The lowest BCUT2D eigenvalue weighted by Crippen LogP contribution is -2.34. The first-order chi connectivity index (χ1) is 14.9. The molecule has 1 N–H and O–H groups in total. The van der Waals surface area contributed by atoms with Gasteiger partial charge in [0.15, 0.2) is 5.82 Å². The number of nitrogens with one attached hydrogen (secondary N) is 1. The molecule has 1 heterocycles. The van der Waals surface area contributed by atoms with E-state index in [0.717, 1.165) is 24.0 Å². The molecule has 4 nitrogen and oxygen atoms in total. The molecule has 0 radical (unpaired) electrons. The fourth-order valence-electron chi connectivity index (χ4n) is 4.47. The van der Waals surface area contributed by atoms with Crippen LogP contribution in [0.4, 0.5) is 13.2 Å². The third-order valence-corrected chi connectivity index (χ3v) is 6.66. The van der Waals surface area contributed by atoms with Crippen molar-refractivity contribution in [2.24, 2.45) is 0 Å². The van der Waals surface area contributed by atoms with Gasteiger partial charge in [0.2, 0.25) is 0 Å². The highest BCUT2D eigenvalue weighted by Gasteiger charge is 2.38. The molecular weight excluding hydrogens is 413 g/mol. The SMILES string of the molecule is Cc1cc2c(cc1C=C(c1ccc(-c3nnn[nH]3)cc1)C(F)(F)F)C(C)(C)CCC2(C)C. The van der Waals surface area contributed by atoms with Gasteiger partial charge in [0, 0.05) is 5.56 Å². The molecule has 168 valence electrons. The molecule has 1 aliphatic rings. The molecule has 0 saturated carbocycles. The molecule has 0 bridgehead atoms. The number of benzene rings is 2. The van der Waals surface area contributed by atoms with Crippen molar-refractivity contribution < 1.29 is 13.2 Å². The monoisotopic (exact) mass is 440 g/mol. The fourth-order valence-corrected chi connectivity index (χ4v) is 4.47. The van der Waals surface area contributed by atoms with Crippen molar-refractivity contribution in [1.82, 2.24) is 20.6 Å². The highest BCUT2D eigenvalue weighted by Crippen LogP contribution is 2.47. The number of aromatic amines is 1. The van der Waals surface area contributed by atoms with Crippen molar-refractivity contribution in [2.45, 2.75) is 64.5 Å². The summed E-state index contributed by atoms with van der Waals surface area (Å²) in [7, 11) is 0. The summed E-state index contributed by atoms with van der Waals surface area (Å²) in [5.74, 6) is 0.407. The zero-order chi connectivity index (χ0) is 23.3. The second-order valence-electron chi connectivity index (χ2n) is 9.91. The number of hydrogen-bond donors (Lipinski definition) is 1. The highest BCUT2D eigenvalue weighted by molar-refractivity contribution is 5.86. The minimum Gasteiger partial charge on any atom is -0.239 e. The Balaban J connectivity index is 1.82. The molecular formula is C25H27F3N4. The van der Waals surface area contributed by atoms with Crippen LogP contribution in [0.15, 0.2) is 36.4 Å². The summed E-state index contributed by atoms with van der Waals surface area (Å²) in [6.45, 7) is 10.7. The predicted molar refractivity (Wildman–Crippen MR) is 120 cm³/mol. The van der Waals surface area contributed by atoms with Crippen LogP contribution in [-0.4, -0.2) is 26.8 Å². The van der Waals surface area contributed by atoms with Gasteiger partial charge in [-0.15, -0.1) is 5.10 Å². The van der Waals surface area contributed by atoms with E-state index in [1.165, 1.54) is 23.8 Å². The van der Waals surface area contributed by atoms with Crippen molar-refractivity contribution in [1.29, 1.82) is 0 Å². The first kappa shape index (κ1) is 22.2. The maximum Gasteiger partial charge on any atom is 0.417 e. The standard InChI is InChI=1S/C25H27F3N4/c1-15-12-20-21(24(4,5)11-10-23(20,2)3)14-18(15)13-19(25(26,27)28)16-6-8-17(9-7-16)22-29-31-32-30-22/h6-9,12-14H,10-11H2,1-5H3,(H,29,30,31,32). The number of aromatic nitrogens is 4. The molecule has 32 heavy (non-hydrogen) atoms.